The summed E-state index contributed by atoms with van der Waals surface area (Å²) in [5.41, 5.74) is 2.13. The number of aryl methyl sites for hydroxylation is 1. The molecule has 0 unspecified atom stereocenters. The first-order valence-corrected chi connectivity index (χ1v) is 11.1. The Morgan fingerprint density at radius 3 is 2.55 bits per heavy atom. The van der Waals surface area contributed by atoms with Crippen molar-refractivity contribution < 1.29 is 14.0 Å². The van der Waals surface area contributed by atoms with E-state index < -0.39 is 6.04 Å². The first kappa shape index (κ1) is 22.6. The predicted octanol–water partition coefficient (Wildman–Crippen LogP) is 3.27. The summed E-state index contributed by atoms with van der Waals surface area (Å²) in [5.74, 6) is -0.587. The second-order valence-electron chi connectivity index (χ2n) is 8.37. The molecule has 1 heterocycles. The minimum Gasteiger partial charge on any atom is -0.352 e. The largest absolute Gasteiger partial charge is 0.352 e. The van der Waals surface area contributed by atoms with Gasteiger partial charge >= 0.3 is 0 Å². The van der Waals surface area contributed by atoms with Crippen molar-refractivity contribution in [1.82, 2.24) is 25.5 Å². The molecule has 172 valence electrons. The van der Waals surface area contributed by atoms with Crippen LogP contribution in [0.1, 0.15) is 38.2 Å². The quantitative estimate of drug-likeness (QED) is 0.596. The highest BCUT2D eigenvalue weighted by Crippen LogP contribution is 2.24. The van der Waals surface area contributed by atoms with E-state index in [0.717, 1.165) is 31.2 Å². The molecule has 1 aliphatic carbocycles. The van der Waals surface area contributed by atoms with Crippen molar-refractivity contribution in [3.63, 3.8) is 0 Å². The van der Waals surface area contributed by atoms with Crippen LogP contribution in [-0.2, 0) is 16.1 Å². The molecular formula is C24H27FN6O2. The predicted molar refractivity (Wildman–Crippen MR) is 122 cm³/mol. The molecule has 0 aliphatic heterocycles. The van der Waals surface area contributed by atoms with Gasteiger partial charge in [0, 0.05) is 17.3 Å². The number of nitrogens with one attached hydrogen (secondary N) is 1. The Kier molecular flexibility index (Phi) is 6.76. The number of tetrazole rings is 1. The van der Waals surface area contributed by atoms with E-state index in [-0.39, 0.29) is 36.0 Å². The van der Waals surface area contributed by atoms with E-state index in [1.54, 1.807) is 19.1 Å². The lowest BCUT2D eigenvalue weighted by Gasteiger charge is -2.30. The van der Waals surface area contributed by atoms with Gasteiger partial charge in [0.2, 0.25) is 11.7 Å². The molecule has 3 aromatic rings. The van der Waals surface area contributed by atoms with E-state index in [9.17, 15) is 14.0 Å². The topological polar surface area (TPSA) is 93.0 Å². The maximum atomic E-state index is 13.4. The van der Waals surface area contributed by atoms with Crippen molar-refractivity contribution in [1.29, 1.82) is 0 Å². The highest BCUT2D eigenvalue weighted by atomic mass is 19.1. The molecule has 0 radical (unpaired) electrons. The van der Waals surface area contributed by atoms with Crippen molar-refractivity contribution in [2.75, 3.05) is 4.90 Å². The maximum Gasteiger partial charge on any atom is 0.251 e. The van der Waals surface area contributed by atoms with Crippen LogP contribution in [-0.4, -0.2) is 44.1 Å². The fourth-order valence-electron chi connectivity index (χ4n) is 4.12. The number of benzene rings is 2. The summed E-state index contributed by atoms with van der Waals surface area (Å²) in [6.07, 6.45) is 4.14. The molecule has 0 spiro atoms. The number of hydrogen-bond acceptors (Lipinski definition) is 5. The number of para-hydroxylation sites is 1. The Balaban J connectivity index is 1.55. The third-order valence-corrected chi connectivity index (χ3v) is 5.94. The first-order valence-electron chi connectivity index (χ1n) is 11.1. The molecule has 1 atom stereocenters. The zero-order valence-electron chi connectivity index (χ0n) is 18.7. The molecule has 2 aromatic carbocycles. The number of halogens is 1. The Morgan fingerprint density at radius 1 is 1.15 bits per heavy atom. The van der Waals surface area contributed by atoms with Crippen LogP contribution in [0.25, 0.3) is 11.4 Å². The van der Waals surface area contributed by atoms with E-state index in [2.05, 4.69) is 20.7 Å². The summed E-state index contributed by atoms with van der Waals surface area (Å²) in [4.78, 5) is 29.1. The van der Waals surface area contributed by atoms with Crippen LogP contribution in [0.4, 0.5) is 10.1 Å². The molecule has 0 saturated heterocycles. The number of rotatable bonds is 7. The summed E-state index contributed by atoms with van der Waals surface area (Å²) >= 11 is 0. The lowest BCUT2D eigenvalue weighted by Crippen LogP contribution is -2.51. The number of hydrogen-bond donors (Lipinski definition) is 1. The molecule has 1 aliphatic rings. The summed E-state index contributed by atoms with van der Waals surface area (Å²) in [5, 5.41) is 15.3. The van der Waals surface area contributed by atoms with Crippen molar-refractivity contribution in [2.45, 2.75) is 58.2 Å². The van der Waals surface area contributed by atoms with Gasteiger partial charge in [0.05, 0.1) is 0 Å². The Morgan fingerprint density at radius 2 is 1.85 bits per heavy atom. The number of nitrogens with zero attached hydrogens (tertiary/aromatic N) is 5. The van der Waals surface area contributed by atoms with Gasteiger partial charge in [0.1, 0.15) is 18.4 Å². The average Bonchev–Trinajstić information content (AvgIpc) is 3.48. The molecule has 1 saturated carbocycles. The van der Waals surface area contributed by atoms with Gasteiger partial charge in [-0.2, -0.15) is 4.80 Å². The molecule has 4 rings (SSSR count). The van der Waals surface area contributed by atoms with Gasteiger partial charge in [-0.1, -0.05) is 31.0 Å². The molecular weight excluding hydrogens is 423 g/mol. The van der Waals surface area contributed by atoms with Gasteiger partial charge < -0.3 is 5.32 Å². The third kappa shape index (κ3) is 5.24. The molecule has 1 aromatic heterocycles. The SMILES string of the molecule is Cc1ccccc1N(C(=O)Cn1nnc(-c2ccc(F)cc2)n1)[C@H](C)C(=O)NC1CCCC1. The van der Waals surface area contributed by atoms with E-state index in [1.165, 1.54) is 21.8 Å². The number of carbonyl (C=O) groups excluding carboxylic acids is 2. The monoisotopic (exact) mass is 450 g/mol. The Labute approximate surface area is 191 Å². The minimum atomic E-state index is -0.709. The average molecular weight is 451 g/mol. The van der Waals surface area contributed by atoms with Gasteiger partial charge in [-0.15, -0.1) is 10.2 Å². The third-order valence-electron chi connectivity index (χ3n) is 5.94. The van der Waals surface area contributed by atoms with Gasteiger partial charge in [-0.3, -0.25) is 14.5 Å². The fourth-order valence-corrected chi connectivity index (χ4v) is 4.12. The second-order valence-corrected chi connectivity index (χ2v) is 8.37. The zero-order valence-corrected chi connectivity index (χ0v) is 18.7. The van der Waals surface area contributed by atoms with Crippen LogP contribution >= 0.6 is 0 Å². The van der Waals surface area contributed by atoms with Crippen molar-refractivity contribution in [2.24, 2.45) is 0 Å². The van der Waals surface area contributed by atoms with Crippen molar-refractivity contribution in [3.05, 3.63) is 59.9 Å². The van der Waals surface area contributed by atoms with Gasteiger partial charge in [0.15, 0.2) is 0 Å². The summed E-state index contributed by atoms with van der Waals surface area (Å²) in [7, 11) is 0. The highest BCUT2D eigenvalue weighted by Gasteiger charge is 2.30. The molecule has 2 amide bonds. The van der Waals surface area contributed by atoms with Gasteiger partial charge in [0.25, 0.3) is 5.91 Å². The molecule has 1 fully saturated rings. The van der Waals surface area contributed by atoms with Crippen molar-refractivity contribution >= 4 is 17.5 Å². The van der Waals surface area contributed by atoms with Crippen molar-refractivity contribution in [3.8, 4) is 11.4 Å². The van der Waals surface area contributed by atoms with Crippen LogP contribution in [0.2, 0.25) is 0 Å². The first-order chi connectivity index (χ1) is 15.9. The molecule has 0 bridgehead atoms. The zero-order chi connectivity index (χ0) is 23.4. The van der Waals surface area contributed by atoms with E-state index >= 15 is 0 Å². The maximum absolute atomic E-state index is 13.4. The minimum absolute atomic E-state index is 0.157. The molecule has 8 nitrogen and oxygen atoms in total. The number of anilines is 1. The lowest BCUT2D eigenvalue weighted by molar-refractivity contribution is -0.127. The summed E-state index contributed by atoms with van der Waals surface area (Å²) < 4.78 is 13.2. The highest BCUT2D eigenvalue weighted by molar-refractivity contribution is 6.01. The van der Waals surface area contributed by atoms with E-state index in [4.69, 9.17) is 0 Å². The summed E-state index contributed by atoms with van der Waals surface area (Å²) in [6.45, 7) is 3.44. The molecule has 33 heavy (non-hydrogen) atoms. The van der Waals surface area contributed by atoms with Gasteiger partial charge in [-0.05, 0) is 67.8 Å². The fraction of sp³-hybridized carbons (Fsp3) is 0.375. The van der Waals surface area contributed by atoms with Crippen LogP contribution in [0.5, 0.6) is 0 Å². The Bertz CT molecular complexity index is 1120. The van der Waals surface area contributed by atoms with Crippen LogP contribution < -0.4 is 10.2 Å². The summed E-state index contributed by atoms with van der Waals surface area (Å²) in [6, 6.07) is 12.6. The van der Waals surface area contributed by atoms with Crippen LogP contribution in [0, 0.1) is 12.7 Å². The van der Waals surface area contributed by atoms with E-state index in [0.29, 0.717) is 11.3 Å². The lowest BCUT2D eigenvalue weighted by atomic mass is 10.1. The standard InChI is InChI=1S/C24H27FN6O2/c1-16-7-3-6-10-21(16)31(17(2)24(33)26-20-8-4-5-9-20)22(32)15-30-28-23(27-29-30)18-11-13-19(25)14-12-18/h3,6-7,10-14,17,20H,4-5,8-9,15H2,1-2H3,(H,26,33)/t17-/m1/s1. The number of carbonyl (C=O) groups is 2. The molecule has 1 N–H and O–H groups in total. The second kappa shape index (κ2) is 9.89. The van der Waals surface area contributed by atoms with Gasteiger partial charge in [-0.25, -0.2) is 4.39 Å². The Hall–Kier alpha value is -3.62. The van der Waals surface area contributed by atoms with Crippen LogP contribution in [0.15, 0.2) is 48.5 Å². The van der Waals surface area contributed by atoms with Crippen LogP contribution in [0.3, 0.4) is 0 Å². The number of aromatic nitrogens is 4. The number of amides is 2. The normalized spacial score (nSPS) is 14.8. The molecule has 9 heteroatoms. The smallest absolute Gasteiger partial charge is 0.251 e. The van der Waals surface area contributed by atoms with E-state index in [1.807, 2.05) is 31.2 Å².